The summed E-state index contributed by atoms with van der Waals surface area (Å²) in [4.78, 5) is 35.8. The summed E-state index contributed by atoms with van der Waals surface area (Å²) in [7, 11) is 0. The minimum absolute atomic E-state index is 0.184. The monoisotopic (exact) mass is 379 g/mol. The summed E-state index contributed by atoms with van der Waals surface area (Å²) in [6.45, 7) is -0.582. The third-order valence-corrected chi connectivity index (χ3v) is 3.95. The van der Waals surface area contributed by atoms with Gasteiger partial charge in [0, 0.05) is 29.6 Å². The van der Waals surface area contributed by atoms with Crippen molar-refractivity contribution in [1.82, 2.24) is 9.88 Å². The van der Waals surface area contributed by atoms with Crippen LogP contribution in [0.15, 0.2) is 47.4 Å². The zero-order valence-corrected chi connectivity index (χ0v) is 14.0. The summed E-state index contributed by atoms with van der Waals surface area (Å²) < 4.78 is 38.9. The van der Waals surface area contributed by atoms with Crippen molar-refractivity contribution in [1.29, 1.82) is 0 Å². The Morgan fingerprint density at radius 3 is 2.56 bits per heavy atom. The number of halogens is 3. The van der Waals surface area contributed by atoms with E-state index in [1.807, 2.05) is 0 Å². The molecule has 2 aromatic rings. The van der Waals surface area contributed by atoms with E-state index in [1.54, 1.807) is 18.2 Å². The maximum atomic E-state index is 12.7. The number of hydrogen-bond donors (Lipinski definition) is 2. The Morgan fingerprint density at radius 2 is 1.89 bits per heavy atom. The number of hydrogen-bond acceptors (Lipinski definition) is 3. The third kappa shape index (κ3) is 4.96. The molecule has 2 N–H and O–H groups in total. The number of nitrogens with one attached hydrogen (secondary N) is 2. The molecule has 1 aliphatic rings. The van der Waals surface area contributed by atoms with Gasteiger partial charge in [0.2, 0.25) is 5.91 Å². The highest BCUT2D eigenvalue weighted by molar-refractivity contribution is 5.97. The number of alkyl halides is 3. The van der Waals surface area contributed by atoms with E-state index >= 15 is 0 Å². The van der Waals surface area contributed by atoms with Gasteiger partial charge >= 0.3 is 6.18 Å². The molecule has 27 heavy (non-hydrogen) atoms. The molecule has 3 rings (SSSR count). The van der Waals surface area contributed by atoms with Gasteiger partial charge in [-0.3, -0.25) is 14.4 Å². The molecule has 2 amide bonds. The Kier molecular flexibility index (Phi) is 5.02. The molecule has 6 nitrogen and oxygen atoms in total. The molecule has 1 aromatic carbocycles. The van der Waals surface area contributed by atoms with Crippen molar-refractivity contribution >= 4 is 17.5 Å². The van der Waals surface area contributed by atoms with Crippen molar-refractivity contribution in [3.63, 3.8) is 0 Å². The zero-order valence-electron chi connectivity index (χ0n) is 14.0. The minimum atomic E-state index is -4.62. The lowest BCUT2D eigenvalue weighted by Gasteiger charge is -2.11. The normalized spacial score (nSPS) is 13.9. The minimum Gasteiger partial charge on any atom is -0.349 e. The second kappa shape index (κ2) is 7.26. The Bertz CT molecular complexity index is 933. The van der Waals surface area contributed by atoms with Crippen LogP contribution in [0.2, 0.25) is 0 Å². The number of carbonyl (C=O) groups is 2. The fourth-order valence-electron chi connectivity index (χ4n) is 2.41. The molecule has 0 aliphatic heterocycles. The number of benzene rings is 1. The first kappa shape index (κ1) is 18.7. The molecule has 0 saturated heterocycles. The van der Waals surface area contributed by atoms with E-state index < -0.39 is 29.8 Å². The van der Waals surface area contributed by atoms with Crippen molar-refractivity contribution in [3.8, 4) is 0 Å². The number of carbonyl (C=O) groups excluding carboxylic acids is 2. The van der Waals surface area contributed by atoms with Gasteiger partial charge in [-0.15, -0.1) is 0 Å². The van der Waals surface area contributed by atoms with Crippen LogP contribution in [-0.2, 0) is 17.5 Å². The van der Waals surface area contributed by atoms with Gasteiger partial charge in [0.05, 0.1) is 5.56 Å². The smallest absolute Gasteiger partial charge is 0.349 e. The van der Waals surface area contributed by atoms with Gasteiger partial charge in [0.1, 0.15) is 6.54 Å². The predicted molar refractivity (Wildman–Crippen MR) is 91.3 cm³/mol. The van der Waals surface area contributed by atoms with Crippen LogP contribution in [0, 0.1) is 0 Å². The fourth-order valence-corrected chi connectivity index (χ4v) is 2.41. The first-order valence-corrected chi connectivity index (χ1v) is 8.21. The summed E-state index contributed by atoms with van der Waals surface area (Å²) in [5, 5.41) is 5.29. The predicted octanol–water partition coefficient (Wildman–Crippen LogP) is 2.40. The van der Waals surface area contributed by atoms with Gasteiger partial charge in [-0.1, -0.05) is 6.07 Å². The zero-order chi connectivity index (χ0) is 19.6. The van der Waals surface area contributed by atoms with Crippen LogP contribution in [0.25, 0.3) is 0 Å². The molecule has 0 spiro atoms. The Morgan fingerprint density at radius 1 is 1.15 bits per heavy atom. The first-order chi connectivity index (χ1) is 12.7. The topological polar surface area (TPSA) is 80.2 Å². The molecule has 1 fully saturated rings. The second-order valence-electron chi connectivity index (χ2n) is 6.26. The Labute approximate surface area is 152 Å². The van der Waals surface area contributed by atoms with Gasteiger partial charge in [-0.25, -0.2) is 0 Å². The van der Waals surface area contributed by atoms with Crippen molar-refractivity contribution in [2.24, 2.45) is 0 Å². The quantitative estimate of drug-likeness (QED) is 0.837. The van der Waals surface area contributed by atoms with Crippen molar-refractivity contribution in [2.45, 2.75) is 31.6 Å². The molecule has 0 atom stereocenters. The second-order valence-corrected chi connectivity index (χ2v) is 6.26. The van der Waals surface area contributed by atoms with Gasteiger partial charge in [0.25, 0.3) is 11.5 Å². The number of rotatable bonds is 5. The SMILES string of the molecule is O=C(Cn1cc(C(F)(F)F)ccc1=O)Nc1cccc(C(=O)NC2CC2)c1. The molecule has 1 heterocycles. The van der Waals surface area contributed by atoms with E-state index in [4.69, 9.17) is 0 Å². The van der Waals surface area contributed by atoms with Crippen LogP contribution in [0.4, 0.5) is 18.9 Å². The molecule has 0 bridgehead atoms. The number of aromatic nitrogens is 1. The van der Waals surface area contributed by atoms with Crippen LogP contribution >= 0.6 is 0 Å². The van der Waals surface area contributed by atoms with E-state index in [0.717, 1.165) is 18.9 Å². The highest BCUT2D eigenvalue weighted by atomic mass is 19.4. The Balaban J connectivity index is 1.69. The van der Waals surface area contributed by atoms with E-state index in [0.29, 0.717) is 28.1 Å². The molecule has 1 aliphatic carbocycles. The first-order valence-electron chi connectivity index (χ1n) is 8.21. The fraction of sp³-hybridized carbons (Fsp3) is 0.278. The summed E-state index contributed by atoms with van der Waals surface area (Å²) in [6.07, 6.45) is -2.14. The largest absolute Gasteiger partial charge is 0.417 e. The molecular weight excluding hydrogens is 363 g/mol. The summed E-state index contributed by atoms with van der Waals surface area (Å²) >= 11 is 0. The van der Waals surface area contributed by atoms with Gasteiger partial charge < -0.3 is 15.2 Å². The van der Waals surface area contributed by atoms with E-state index in [1.165, 1.54) is 6.07 Å². The molecular formula is C18H16F3N3O3. The molecule has 9 heteroatoms. The van der Waals surface area contributed by atoms with E-state index in [2.05, 4.69) is 10.6 Å². The van der Waals surface area contributed by atoms with Crippen molar-refractivity contribution in [2.75, 3.05) is 5.32 Å². The van der Waals surface area contributed by atoms with Crippen LogP contribution < -0.4 is 16.2 Å². The lowest BCUT2D eigenvalue weighted by Crippen LogP contribution is -2.28. The number of pyridine rings is 1. The summed E-state index contributed by atoms with van der Waals surface area (Å²) in [5.41, 5.74) is -1.08. The lowest BCUT2D eigenvalue weighted by molar-refractivity contribution is -0.138. The molecule has 1 saturated carbocycles. The highest BCUT2D eigenvalue weighted by Crippen LogP contribution is 2.28. The third-order valence-electron chi connectivity index (χ3n) is 3.95. The molecule has 142 valence electrons. The number of nitrogens with zero attached hydrogens (tertiary/aromatic N) is 1. The van der Waals surface area contributed by atoms with E-state index in [-0.39, 0.29) is 11.9 Å². The Hall–Kier alpha value is -3.10. The standard InChI is InChI=1S/C18H16F3N3O3/c19-18(20,21)12-4-7-16(26)24(9-12)10-15(25)22-14-3-1-2-11(8-14)17(27)23-13-5-6-13/h1-4,7-9,13H,5-6,10H2,(H,22,25)(H,23,27). The van der Waals surface area contributed by atoms with E-state index in [9.17, 15) is 27.6 Å². The maximum absolute atomic E-state index is 12.7. The average Bonchev–Trinajstić information content (AvgIpc) is 3.40. The molecule has 0 radical (unpaired) electrons. The van der Waals surface area contributed by atoms with Crippen LogP contribution in [0.1, 0.15) is 28.8 Å². The van der Waals surface area contributed by atoms with Crippen LogP contribution in [-0.4, -0.2) is 22.4 Å². The van der Waals surface area contributed by atoms with Crippen LogP contribution in [0.5, 0.6) is 0 Å². The number of amides is 2. The van der Waals surface area contributed by atoms with Gasteiger partial charge in [0.15, 0.2) is 0 Å². The number of anilines is 1. The highest BCUT2D eigenvalue weighted by Gasteiger charge is 2.31. The van der Waals surface area contributed by atoms with Gasteiger partial charge in [-0.05, 0) is 37.1 Å². The average molecular weight is 379 g/mol. The molecule has 0 unspecified atom stereocenters. The summed E-state index contributed by atoms with van der Waals surface area (Å²) in [5.74, 6) is -0.945. The lowest BCUT2D eigenvalue weighted by atomic mass is 10.2. The molecule has 1 aromatic heterocycles. The summed E-state index contributed by atoms with van der Waals surface area (Å²) in [6, 6.07) is 7.78. The van der Waals surface area contributed by atoms with Crippen molar-refractivity contribution in [3.05, 3.63) is 64.1 Å². The maximum Gasteiger partial charge on any atom is 0.417 e. The van der Waals surface area contributed by atoms with Crippen molar-refractivity contribution < 1.29 is 22.8 Å². The van der Waals surface area contributed by atoms with Gasteiger partial charge in [-0.2, -0.15) is 13.2 Å². The van der Waals surface area contributed by atoms with Crippen LogP contribution in [0.3, 0.4) is 0 Å².